The zero-order chi connectivity index (χ0) is 11.0. The van der Waals surface area contributed by atoms with E-state index in [1.165, 1.54) is 11.3 Å². The van der Waals surface area contributed by atoms with Crippen molar-refractivity contribution in [2.45, 2.75) is 18.8 Å². The van der Waals surface area contributed by atoms with Gasteiger partial charge in [0.1, 0.15) is 0 Å². The van der Waals surface area contributed by atoms with Gasteiger partial charge < -0.3 is 5.32 Å². The number of nitrogens with zero attached hydrogens (tertiary/aromatic N) is 1. The fraction of sp³-hybridized carbons (Fsp3) is 0.357. The van der Waals surface area contributed by atoms with E-state index in [1.807, 2.05) is 0 Å². The number of hydrogen-bond acceptors (Lipinski definition) is 2. The lowest BCUT2D eigenvalue weighted by Crippen LogP contribution is -2.29. The molecular weight excluding hydrogens is 196 g/mol. The molecule has 2 heteroatoms. The molecule has 1 aromatic rings. The fourth-order valence-corrected chi connectivity index (χ4v) is 2.81. The second-order valence-electron chi connectivity index (χ2n) is 4.60. The van der Waals surface area contributed by atoms with Gasteiger partial charge in [0.05, 0.1) is 6.07 Å². The zero-order valence-corrected chi connectivity index (χ0v) is 9.11. The van der Waals surface area contributed by atoms with E-state index in [4.69, 9.17) is 5.26 Å². The molecule has 0 amide bonds. The first-order valence-corrected chi connectivity index (χ1v) is 5.82. The normalized spacial score (nSPS) is 26.8. The monoisotopic (exact) mass is 210 g/mol. The highest BCUT2D eigenvalue weighted by Gasteiger charge is 2.30. The molecule has 0 spiro atoms. The highest BCUT2D eigenvalue weighted by Crippen LogP contribution is 2.42. The highest BCUT2D eigenvalue weighted by atomic mass is 14.9. The maximum Gasteiger partial charge on any atom is 0.0943 e. The minimum atomic E-state index is 0.445. The second kappa shape index (κ2) is 3.68. The summed E-state index contributed by atoms with van der Waals surface area (Å²) in [6.07, 6.45) is 4.25. The van der Waals surface area contributed by atoms with Crippen LogP contribution in [-0.2, 0) is 0 Å². The van der Waals surface area contributed by atoms with Crippen LogP contribution >= 0.6 is 0 Å². The molecule has 80 valence electrons. The molecule has 1 N–H and O–H groups in total. The van der Waals surface area contributed by atoms with E-state index in [9.17, 15) is 0 Å². The lowest BCUT2D eigenvalue weighted by Gasteiger charge is -2.35. The van der Waals surface area contributed by atoms with Crippen LogP contribution in [0.3, 0.4) is 0 Å². The van der Waals surface area contributed by atoms with E-state index in [-0.39, 0.29) is 0 Å². The van der Waals surface area contributed by atoms with E-state index in [2.05, 4.69) is 41.7 Å². The van der Waals surface area contributed by atoms with Gasteiger partial charge >= 0.3 is 0 Å². The molecule has 1 aromatic carbocycles. The lowest BCUT2D eigenvalue weighted by molar-refractivity contribution is 0.434. The number of rotatable bonds is 0. The minimum Gasteiger partial charge on any atom is -0.384 e. The molecule has 3 rings (SSSR count). The Morgan fingerprint density at radius 2 is 2.19 bits per heavy atom. The van der Waals surface area contributed by atoms with Crippen LogP contribution in [0.4, 0.5) is 5.69 Å². The smallest absolute Gasteiger partial charge is 0.0943 e. The van der Waals surface area contributed by atoms with Crippen molar-refractivity contribution in [3.05, 3.63) is 41.5 Å². The first-order chi connectivity index (χ1) is 7.88. The Bertz CT molecular complexity index is 482. The average Bonchev–Trinajstić information content (AvgIpc) is 2.38. The van der Waals surface area contributed by atoms with Gasteiger partial charge in [-0.1, -0.05) is 24.3 Å². The van der Waals surface area contributed by atoms with Crippen molar-refractivity contribution in [2.75, 3.05) is 11.9 Å². The number of anilines is 1. The summed E-state index contributed by atoms with van der Waals surface area (Å²) in [7, 11) is 0. The molecule has 1 aliphatic carbocycles. The summed E-state index contributed by atoms with van der Waals surface area (Å²) in [5.74, 6) is 1.10. The van der Waals surface area contributed by atoms with Crippen molar-refractivity contribution in [1.29, 1.82) is 5.26 Å². The molecule has 1 heterocycles. The van der Waals surface area contributed by atoms with Gasteiger partial charge in [-0.15, -0.1) is 0 Å². The van der Waals surface area contributed by atoms with E-state index >= 15 is 0 Å². The van der Waals surface area contributed by atoms with E-state index in [0.717, 1.165) is 25.0 Å². The van der Waals surface area contributed by atoms with Crippen molar-refractivity contribution >= 4 is 5.69 Å². The predicted octanol–water partition coefficient (Wildman–Crippen LogP) is 3.06. The third-order valence-corrected chi connectivity index (χ3v) is 3.69. The molecule has 1 aliphatic heterocycles. The van der Waals surface area contributed by atoms with Crippen LogP contribution < -0.4 is 5.32 Å². The summed E-state index contributed by atoms with van der Waals surface area (Å²) in [6, 6.07) is 10.8. The maximum atomic E-state index is 9.00. The summed E-state index contributed by atoms with van der Waals surface area (Å²) in [4.78, 5) is 0. The van der Waals surface area contributed by atoms with Crippen LogP contribution in [-0.4, -0.2) is 6.54 Å². The van der Waals surface area contributed by atoms with Gasteiger partial charge in [-0.3, -0.25) is 0 Å². The summed E-state index contributed by atoms with van der Waals surface area (Å²) >= 11 is 0. The van der Waals surface area contributed by atoms with E-state index < -0.39 is 0 Å². The van der Waals surface area contributed by atoms with Crippen LogP contribution in [0.25, 0.3) is 0 Å². The average molecular weight is 210 g/mol. The lowest BCUT2D eigenvalue weighted by atomic mass is 9.75. The number of benzene rings is 1. The van der Waals surface area contributed by atoms with E-state index in [1.54, 1.807) is 0 Å². The molecule has 0 radical (unpaired) electrons. The number of hydrogen-bond donors (Lipinski definition) is 1. The zero-order valence-electron chi connectivity index (χ0n) is 9.11. The second-order valence-corrected chi connectivity index (χ2v) is 4.60. The molecule has 2 aliphatic rings. The van der Waals surface area contributed by atoms with Gasteiger partial charge in [0, 0.05) is 23.7 Å². The quantitative estimate of drug-likeness (QED) is 0.714. The molecule has 0 saturated carbocycles. The Morgan fingerprint density at radius 3 is 3.06 bits per heavy atom. The van der Waals surface area contributed by atoms with Crippen molar-refractivity contribution in [3.8, 4) is 6.07 Å². The van der Waals surface area contributed by atoms with Gasteiger partial charge in [-0.25, -0.2) is 0 Å². The molecule has 16 heavy (non-hydrogen) atoms. The number of nitriles is 1. The molecule has 0 fully saturated rings. The maximum absolute atomic E-state index is 9.00. The summed E-state index contributed by atoms with van der Waals surface area (Å²) in [6.45, 7) is 1.04. The van der Waals surface area contributed by atoms with Crippen molar-refractivity contribution in [3.63, 3.8) is 0 Å². The Kier molecular flexibility index (Phi) is 2.18. The van der Waals surface area contributed by atoms with Crippen LogP contribution in [0, 0.1) is 17.2 Å². The first-order valence-electron chi connectivity index (χ1n) is 5.82. The summed E-state index contributed by atoms with van der Waals surface area (Å²) in [5, 5.41) is 12.5. The number of para-hydroxylation sites is 1. The molecule has 2 atom stereocenters. The molecule has 2 unspecified atom stereocenters. The molecular formula is C14H14N2. The van der Waals surface area contributed by atoms with Crippen LogP contribution in [0.1, 0.15) is 24.3 Å². The Labute approximate surface area is 95.6 Å². The van der Waals surface area contributed by atoms with E-state index in [0.29, 0.717) is 11.8 Å². The third-order valence-electron chi connectivity index (χ3n) is 3.69. The standard InChI is InChI=1S/C14H14N2/c15-8-10-5-6-11-9-16-14-4-2-1-3-12(14)13(11)7-10/h1-4,7,11,13,16H,5-6,9H2. The Balaban J connectivity index is 2.06. The third kappa shape index (κ3) is 1.40. The van der Waals surface area contributed by atoms with Gasteiger partial charge in [0.15, 0.2) is 0 Å². The number of fused-ring (bicyclic) bond motifs is 3. The Hall–Kier alpha value is -1.75. The van der Waals surface area contributed by atoms with Gasteiger partial charge in [0.25, 0.3) is 0 Å². The first kappa shape index (κ1) is 9.47. The number of nitrogens with one attached hydrogen (secondary N) is 1. The summed E-state index contributed by atoms with van der Waals surface area (Å²) < 4.78 is 0. The van der Waals surface area contributed by atoms with Crippen molar-refractivity contribution < 1.29 is 0 Å². The van der Waals surface area contributed by atoms with Crippen LogP contribution in [0.5, 0.6) is 0 Å². The van der Waals surface area contributed by atoms with Crippen LogP contribution in [0.2, 0.25) is 0 Å². The largest absolute Gasteiger partial charge is 0.384 e. The van der Waals surface area contributed by atoms with Gasteiger partial charge in [-0.2, -0.15) is 5.26 Å². The number of allylic oxidation sites excluding steroid dienone is 2. The molecule has 0 bridgehead atoms. The van der Waals surface area contributed by atoms with Gasteiger partial charge in [0.2, 0.25) is 0 Å². The predicted molar refractivity (Wildman–Crippen MR) is 64.1 cm³/mol. The topological polar surface area (TPSA) is 35.8 Å². The van der Waals surface area contributed by atoms with Crippen molar-refractivity contribution in [1.82, 2.24) is 0 Å². The van der Waals surface area contributed by atoms with Crippen molar-refractivity contribution in [2.24, 2.45) is 5.92 Å². The Morgan fingerprint density at radius 1 is 1.31 bits per heavy atom. The van der Waals surface area contributed by atoms with Gasteiger partial charge in [-0.05, 0) is 30.4 Å². The molecule has 0 saturated heterocycles. The fourth-order valence-electron chi connectivity index (χ4n) is 2.81. The molecule has 0 aromatic heterocycles. The summed E-state index contributed by atoms with van der Waals surface area (Å²) in [5.41, 5.74) is 3.54. The SMILES string of the molecule is N#CC1=CC2c3ccccc3NCC2CC1. The molecule has 2 nitrogen and oxygen atoms in total. The highest BCUT2D eigenvalue weighted by molar-refractivity contribution is 5.57. The minimum absolute atomic E-state index is 0.445. The van der Waals surface area contributed by atoms with Crippen LogP contribution in [0.15, 0.2) is 35.9 Å².